The zero-order valence-corrected chi connectivity index (χ0v) is 23.2. The Morgan fingerprint density at radius 2 is 1.53 bits per heavy atom. The van der Waals surface area contributed by atoms with Gasteiger partial charge in [0.05, 0.1) is 5.54 Å². The maximum atomic E-state index is 2.44. The minimum Gasteiger partial charge on any atom is -0.299 e. The van der Waals surface area contributed by atoms with E-state index in [0.717, 1.165) is 25.7 Å². The Labute approximate surface area is 202 Å². The zero-order chi connectivity index (χ0) is 25.0. The molecule has 0 amide bonds. The van der Waals surface area contributed by atoms with E-state index in [1.165, 1.54) is 16.7 Å². The van der Waals surface area contributed by atoms with Crippen LogP contribution in [0.25, 0.3) is 0 Å². The van der Waals surface area contributed by atoms with Gasteiger partial charge in [0.1, 0.15) is 0 Å². The maximum absolute atomic E-state index is 2.44. The third-order valence-electron chi connectivity index (χ3n) is 5.76. The fourth-order valence-corrected chi connectivity index (χ4v) is 4.07. The second kappa shape index (κ2) is 19.8. The molecule has 0 bridgehead atoms. The van der Waals surface area contributed by atoms with Crippen molar-refractivity contribution in [2.24, 2.45) is 5.92 Å². The highest BCUT2D eigenvalue weighted by Gasteiger charge is 2.41. The SMILES string of the molecule is C/C=C\C(=C/CC)C(Cc1ccccc1)(C(C)C(C)=CC/C=C\CC)N(C)C.CC.CC. The predicted molar refractivity (Wildman–Crippen MR) is 149 cm³/mol. The quantitative estimate of drug-likeness (QED) is 0.245. The molecule has 2 unspecified atom stereocenters. The molecule has 0 aliphatic rings. The molecule has 2 atom stereocenters. The molecule has 0 heterocycles. The van der Waals surface area contributed by atoms with E-state index in [0.29, 0.717) is 5.92 Å². The van der Waals surface area contributed by atoms with E-state index in [-0.39, 0.29) is 5.54 Å². The number of rotatable bonds is 11. The first-order valence-electron chi connectivity index (χ1n) is 12.8. The Hall–Kier alpha value is -1.86. The van der Waals surface area contributed by atoms with Crippen LogP contribution in [0.3, 0.4) is 0 Å². The van der Waals surface area contributed by atoms with E-state index < -0.39 is 0 Å². The number of likely N-dealkylation sites (N-methyl/N-ethyl adjacent to an activating group) is 1. The average Bonchev–Trinajstić information content (AvgIpc) is 2.82. The molecule has 1 nitrogen and oxygen atoms in total. The number of hydrogen-bond acceptors (Lipinski definition) is 1. The summed E-state index contributed by atoms with van der Waals surface area (Å²) in [6.45, 7) is 19.2. The summed E-state index contributed by atoms with van der Waals surface area (Å²) in [5.74, 6) is 0.395. The van der Waals surface area contributed by atoms with Crippen LogP contribution < -0.4 is 0 Å². The number of allylic oxidation sites excluding steroid dienone is 5. The fraction of sp³-hybridized carbons (Fsp3) is 0.548. The second-order valence-electron chi connectivity index (χ2n) is 7.83. The van der Waals surface area contributed by atoms with Gasteiger partial charge in [0.15, 0.2) is 0 Å². The molecular weight excluding hydrogens is 386 g/mol. The van der Waals surface area contributed by atoms with Crippen LogP contribution in [0, 0.1) is 5.92 Å². The van der Waals surface area contributed by atoms with Gasteiger partial charge in [-0.05, 0) is 70.7 Å². The molecular formula is C31H53N. The van der Waals surface area contributed by atoms with Crippen molar-refractivity contribution in [3.05, 3.63) is 83.5 Å². The van der Waals surface area contributed by atoms with Crippen LogP contribution in [-0.2, 0) is 6.42 Å². The highest BCUT2D eigenvalue weighted by atomic mass is 15.2. The lowest BCUT2D eigenvalue weighted by molar-refractivity contribution is 0.145. The van der Waals surface area contributed by atoms with Gasteiger partial charge in [-0.2, -0.15) is 0 Å². The van der Waals surface area contributed by atoms with Crippen molar-refractivity contribution in [2.45, 2.75) is 93.5 Å². The van der Waals surface area contributed by atoms with Gasteiger partial charge in [-0.1, -0.05) is 121 Å². The van der Waals surface area contributed by atoms with Gasteiger partial charge in [-0.25, -0.2) is 0 Å². The smallest absolute Gasteiger partial charge is 0.0555 e. The van der Waals surface area contributed by atoms with Crippen LogP contribution in [0.5, 0.6) is 0 Å². The van der Waals surface area contributed by atoms with Crippen LogP contribution >= 0.6 is 0 Å². The predicted octanol–water partition coefficient (Wildman–Crippen LogP) is 9.43. The van der Waals surface area contributed by atoms with Crippen molar-refractivity contribution in [2.75, 3.05) is 14.1 Å². The Morgan fingerprint density at radius 1 is 0.938 bits per heavy atom. The number of hydrogen-bond donors (Lipinski definition) is 0. The van der Waals surface area contributed by atoms with Gasteiger partial charge in [0.25, 0.3) is 0 Å². The Kier molecular flexibility index (Phi) is 20.0. The molecule has 1 aromatic rings. The van der Waals surface area contributed by atoms with Crippen molar-refractivity contribution in [1.29, 1.82) is 0 Å². The summed E-state index contributed by atoms with van der Waals surface area (Å²) < 4.78 is 0. The summed E-state index contributed by atoms with van der Waals surface area (Å²) in [4.78, 5) is 2.44. The lowest BCUT2D eigenvalue weighted by Gasteiger charge is -2.47. The normalized spacial score (nSPS) is 15.1. The molecule has 0 spiro atoms. The first-order chi connectivity index (χ1) is 15.4. The summed E-state index contributed by atoms with van der Waals surface area (Å²) in [5.41, 5.74) is 4.17. The third kappa shape index (κ3) is 10.2. The molecule has 0 aliphatic carbocycles. The summed E-state index contributed by atoms with van der Waals surface area (Å²) in [5, 5.41) is 0. The van der Waals surface area contributed by atoms with Crippen LogP contribution in [-0.4, -0.2) is 24.5 Å². The first-order valence-corrected chi connectivity index (χ1v) is 12.8. The second-order valence-corrected chi connectivity index (χ2v) is 7.83. The van der Waals surface area contributed by atoms with Crippen molar-refractivity contribution < 1.29 is 0 Å². The molecule has 0 aliphatic heterocycles. The minimum atomic E-state index is -0.0844. The van der Waals surface area contributed by atoms with Crippen LogP contribution in [0.15, 0.2) is 77.9 Å². The summed E-state index contributed by atoms with van der Waals surface area (Å²) in [7, 11) is 4.47. The third-order valence-corrected chi connectivity index (χ3v) is 5.76. The minimum absolute atomic E-state index is 0.0844. The molecule has 0 aromatic heterocycles. The van der Waals surface area contributed by atoms with Crippen LogP contribution in [0.1, 0.15) is 87.1 Å². The van der Waals surface area contributed by atoms with Crippen molar-refractivity contribution >= 4 is 0 Å². The molecule has 1 heteroatoms. The van der Waals surface area contributed by atoms with E-state index in [2.05, 4.69) is 120 Å². The van der Waals surface area contributed by atoms with Gasteiger partial charge in [0.2, 0.25) is 0 Å². The molecule has 0 radical (unpaired) electrons. The maximum Gasteiger partial charge on any atom is 0.0555 e. The largest absolute Gasteiger partial charge is 0.299 e. The summed E-state index contributed by atoms with van der Waals surface area (Å²) in [6.07, 6.45) is 18.0. The topological polar surface area (TPSA) is 3.24 Å². The molecule has 1 rings (SSSR count). The molecule has 182 valence electrons. The summed E-state index contributed by atoms with van der Waals surface area (Å²) in [6, 6.07) is 10.9. The zero-order valence-electron chi connectivity index (χ0n) is 23.2. The van der Waals surface area contributed by atoms with E-state index in [4.69, 9.17) is 0 Å². The Bertz CT molecular complexity index is 676. The van der Waals surface area contributed by atoms with Crippen molar-refractivity contribution in [3.8, 4) is 0 Å². The van der Waals surface area contributed by atoms with Crippen LogP contribution in [0.2, 0.25) is 0 Å². The molecule has 0 saturated heterocycles. The van der Waals surface area contributed by atoms with E-state index in [1.54, 1.807) is 0 Å². The van der Waals surface area contributed by atoms with E-state index in [9.17, 15) is 0 Å². The average molecular weight is 440 g/mol. The lowest BCUT2D eigenvalue weighted by atomic mass is 9.70. The van der Waals surface area contributed by atoms with Crippen molar-refractivity contribution in [3.63, 3.8) is 0 Å². The Balaban J connectivity index is 0. The molecule has 0 fully saturated rings. The summed E-state index contributed by atoms with van der Waals surface area (Å²) >= 11 is 0. The first kappa shape index (κ1) is 32.3. The van der Waals surface area contributed by atoms with Gasteiger partial charge in [-0.3, -0.25) is 4.90 Å². The van der Waals surface area contributed by atoms with Gasteiger partial charge >= 0.3 is 0 Å². The molecule has 0 N–H and O–H groups in total. The van der Waals surface area contributed by atoms with Gasteiger partial charge in [-0.15, -0.1) is 0 Å². The monoisotopic (exact) mass is 439 g/mol. The van der Waals surface area contributed by atoms with Gasteiger partial charge in [0, 0.05) is 0 Å². The standard InChI is InChI=1S/C27H41N.2C2H6/c1-8-11-12-14-19-23(4)24(5)27(28(6)7,26(17-9-2)18-10-3)22-25-20-15-13-16-21-25;2*1-2/h9,11-13,15-21,24H,8,10,14,22H2,1-7H3;2*1-2H3/b12-11-,17-9-,23-19?,26-18+;;. The highest BCUT2D eigenvalue weighted by molar-refractivity contribution is 5.38. The molecule has 1 aromatic carbocycles. The van der Waals surface area contributed by atoms with E-state index in [1.807, 2.05) is 27.7 Å². The molecule has 0 saturated carbocycles. The number of nitrogens with zero attached hydrogens (tertiary/aromatic N) is 1. The number of benzene rings is 1. The van der Waals surface area contributed by atoms with E-state index >= 15 is 0 Å². The highest BCUT2D eigenvalue weighted by Crippen LogP contribution is 2.39. The fourth-order valence-electron chi connectivity index (χ4n) is 4.07. The lowest BCUT2D eigenvalue weighted by Crippen LogP contribution is -2.53. The molecule has 32 heavy (non-hydrogen) atoms. The van der Waals surface area contributed by atoms with Crippen LogP contribution in [0.4, 0.5) is 0 Å². The van der Waals surface area contributed by atoms with Gasteiger partial charge < -0.3 is 0 Å². The van der Waals surface area contributed by atoms with Crippen molar-refractivity contribution in [1.82, 2.24) is 4.90 Å². The Morgan fingerprint density at radius 3 is 2.00 bits per heavy atom.